The van der Waals surface area contributed by atoms with Gasteiger partial charge in [-0.25, -0.2) is 8.42 Å². The van der Waals surface area contributed by atoms with Gasteiger partial charge in [-0.3, -0.25) is 8.67 Å². The highest BCUT2D eigenvalue weighted by Gasteiger charge is 2.21. The van der Waals surface area contributed by atoms with E-state index in [2.05, 4.69) is 30.4 Å². The first-order valence-electron chi connectivity index (χ1n) is 12.4. The van der Waals surface area contributed by atoms with Crippen molar-refractivity contribution in [1.29, 1.82) is 0 Å². The monoisotopic (exact) mass is 463 g/mol. The maximum atomic E-state index is 9.22. The summed E-state index contributed by atoms with van der Waals surface area (Å²) >= 11 is 0. The van der Waals surface area contributed by atoms with Gasteiger partial charge in [0.2, 0.25) is 10.4 Å². The van der Waals surface area contributed by atoms with Crippen LogP contribution in [0.2, 0.25) is 0 Å². The van der Waals surface area contributed by atoms with Crippen LogP contribution in [0.15, 0.2) is 12.3 Å². The van der Waals surface area contributed by atoms with Gasteiger partial charge in [-0.2, -0.15) is 0 Å². The Kier molecular flexibility index (Phi) is 19.9. The third-order valence-corrected chi connectivity index (χ3v) is 6.29. The Morgan fingerprint density at radius 3 is 1.61 bits per heavy atom. The van der Waals surface area contributed by atoms with E-state index in [1.807, 2.05) is 0 Å². The van der Waals surface area contributed by atoms with Crippen LogP contribution in [0.3, 0.4) is 0 Å². The Balaban J connectivity index is 0.00000131. The summed E-state index contributed by atoms with van der Waals surface area (Å²) in [5.41, 5.74) is 0. The summed E-state index contributed by atoms with van der Waals surface area (Å²) in [5.74, 6) is 0. The summed E-state index contributed by atoms with van der Waals surface area (Å²) < 4.78 is 37.5. The second-order valence-electron chi connectivity index (χ2n) is 8.88. The highest BCUT2D eigenvalue weighted by atomic mass is 32.3. The Labute approximate surface area is 192 Å². The van der Waals surface area contributed by atoms with Gasteiger partial charge in [-0.05, 0) is 18.9 Å². The zero-order valence-corrected chi connectivity index (χ0v) is 21.3. The van der Waals surface area contributed by atoms with Crippen LogP contribution < -0.4 is 0 Å². The van der Waals surface area contributed by atoms with E-state index in [1.54, 1.807) is 0 Å². The molecule has 0 amide bonds. The van der Waals surface area contributed by atoms with Crippen molar-refractivity contribution >= 4 is 10.4 Å². The number of allylic oxidation sites excluding steroid dienone is 1. The van der Waals surface area contributed by atoms with Crippen molar-refractivity contribution in [2.24, 2.45) is 0 Å². The highest BCUT2D eigenvalue weighted by Crippen LogP contribution is 2.14. The van der Waals surface area contributed by atoms with Gasteiger partial charge in [0, 0.05) is 0 Å². The van der Waals surface area contributed by atoms with Crippen LogP contribution in [-0.4, -0.2) is 57.9 Å². The fraction of sp³-hybridized carbons (Fsp3) is 0.917. The number of quaternary nitrogens is 1. The van der Waals surface area contributed by atoms with Crippen LogP contribution >= 0.6 is 0 Å². The molecule has 0 aliphatic carbocycles. The molecule has 0 atom stereocenters. The van der Waals surface area contributed by atoms with Crippen molar-refractivity contribution in [2.45, 2.75) is 103 Å². The van der Waals surface area contributed by atoms with Crippen molar-refractivity contribution in [1.82, 2.24) is 0 Å². The number of ether oxygens (including phenoxy) is 1. The van der Waals surface area contributed by atoms with Gasteiger partial charge in [-0.15, -0.1) is 0 Å². The van der Waals surface area contributed by atoms with Gasteiger partial charge in [0.05, 0.1) is 33.6 Å². The zero-order valence-electron chi connectivity index (χ0n) is 20.5. The molecule has 31 heavy (non-hydrogen) atoms. The van der Waals surface area contributed by atoms with Crippen molar-refractivity contribution in [3.05, 3.63) is 12.3 Å². The minimum Gasteiger partial charge on any atom is -0.726 e. The molecule has 0 N–H and O–H groups in total. The molecular formula is C24H49NO5S. The molecule has 186 valence electrons. The van der Waals surface area contributed by atoms with E-state index in [0.717, 1.165) is 37.9 Å². The number of hydrogen-bond acceptors (Lipinski definition) is 5. The fourth-order valence-corrected chi connectivity index (χ4v) is 3.69. The average molecular weight is 464 g/mol. The lowest BCUT2D eigenvalue weighted by atomic mass is 10.0. The third-order valence-electron chi connectivity index (χ3n) is 5.89. The number of likely N-dealkylation sites (N-methyl/N-ethyl adjacent to an activating group) is 1. The number of rotatable bonds is 17. The standard InChI is InChI=1S/C23H46NO.CH4O4S/c1-3-4-5-6-7-8-9-10-11-12-13-14-15-16-17-18-19-24(2)20-22-25-23-21-24;1-5-6(2,3)4/h18-19H,3-17,20-23H2,1-2H3;1H3,(H,2,3,4)/q+1;/p-1. The van der Waals surface area contributed by atoms with Crippen LogP contribution in [0.5, 0.6) is 0 Å². The minimum atomic E-state index is -4.41. The van der Waals surface area contributed by atoms with E-state index < -0.39 is 10.4 Å². The quantitative estimate of drug-likeness (QED) is 0.115. The number of hydrogen-bond donors (Lipinski definition) is 0. The Hall–Kier alpha value is -0.470. The maximum absolute atomic E-state index is 9.22. The summed E-state index contributed by atoms with van der Waals surface area (Å²) in [6.07, 6.45) is 26.3. The van der Waals surface area contributed by atoms with Gasteiger partial charge >= 0.3 is 0 Å². The molecule has 1 fully saturated rings. The highest BCUT2D eigenvalue weighted by molar-refractivity contribution is 7.80. The van der Waals surface area contributed by atoms with Crippen molar-refractivity contribution < 1.29 is 26.4 Å². The first kappa shape index (κ1) is 30.5. The molecule has 0 spiro atoms. The van der Waals surface area contributed by atoms with E-state index in [9.17, 15) is 13.0 Å². The van der Waals surface area contributed by atoms with Crippen molar-refractivity contribution in [3.63, 3.8) is 0 Å². The van der Waals surface area contributed by atoms with E-state index >= 15 is 0 Å². The summed E-state index contributed by atoms with van der Waals surface area (Å²) in [5, 5.41) is 0. The van der Waals surface area contributed by atoms with E-state index in [0.29, 0.717) is 0 Å². The Morgan fingerprint density at radius 2 is 1.23 bits per heavy atom. The Bertz CT molecular complexity index is 516. The summed E-state index contributed by atoms with van der Waals surface area (Å²) in [7, 11) is -1.28. The molecular weight excluding hydrogens is 414 g/mol. The smallest absolute Gasteiger partial charge is 0.217 e. The van der Waals surface area contributed by atoms with Crippen LogP contribution in [-0.2, 0) is 19.3 Å². The number of nitrogens with zero attached hydrogens (tertiary/aromatic N) is 1. The average Bonchev–Trinajstić information content (AvgIpc) is 2.74. The van der Waals surface area contributed by atoms with Gasteiger partial charge < -0.3 is 9.29 Å². The predicted octanol–water partition coefficient (Wildman–Crippen LogP) is 5.94. The molecule has 7 heteroatoms. The molecule has 1 aliphatic heterocycles. The third kappa shape index (κ3) is 22.5. The molecule has 0 saturated carbocycles. The molecule has 0 unspecified atom stereocenters. The second-order valence-corrected chi connectivity index (χ2v) is 10.0. The molecule has 0 radical (unpaired) electrons. The zero-order chi connectivity index (χ0) is 23.3. The Morgan fingerprint density at radius 1 is 0.839 bits per heavy atom. The van der Waals surface area contributed by atoms with Crippen molar-refractivity contribution in [2.75, 3.05) is 40.5 Å². The van der Waals surface area contributed by atoms with Gasteiger partial charge in [0.25, 0.3) is 0 Å². The summed E-state index contributed by atoms with van der Waals surface area (Å²) in [6, 6.07) is 0. The van der Waals surface area contributed by atoms with Crippen molar-refractivity contribution in [3.8, 4) is 0 Å². The molecule has 0 aromatic rings. The molecule has 1 heterocycles. The number of morpholine rings is 1. The normalized spacial score (nSPS) is 16.3. The minimum absolute atomic E-state index is 0.808. The summed E-state index contributed by atoms with van der Waals surface area (Å²) in [6.45, 7) is 6.40. The lowest BCUT2D eigenvalue weighted by Gasteiger charge is -2.33. The molecule has 1 rings (SSSR count). The largest absolute Gasteiger partial charge is 0.726 e. The number of unbranched alkanes of at least 4 members (excludes halogenated alkanes) is 14. The SMILES string of the molecule is CCCCCCCCCCCCCCCCC=C[N+]1(C)CCOCC1.COS(=O)(=O)[O-]. The molecule has 1 aliphatic rings. The summed E-state index contributed by atoms with van der Waals surface area (Å²) in [4.78, 5) is 0. The maximum Gasteiger partial charge on any atom is 0.217 e. The molecule has 0 aromatic heterocycles. The fourth-order valence-electron chi connectivity index (χ4n) is 3.69. The lowest BCUT2D eigenvalue weighted by Crippen LogP contribution is -2.47. The van der Waals surface area contributed by atoms with Gasteiger partial charge in [-0.1, -0.05) is 90.4 Å². The van der Waals surface area contributed by atoms with E-state index in [-0.39, 0.29) is 0 Å². The first-order valence-corrected chi connectivity index (χ1v) is 13.8. The van der Waals surface area contributed by atoms with Crippen LogP contribution in [0.25, 0.3) is 0 Å². The van der Waals surface area contributed by atoms with Crippen LogP contribution in [0.1, 0.15) is 103 Å². The predicted molar refractivity (Wildman–Crippen MR) is 128 cm³/mol. The van der Waals surface area contributed by atoms with E-state index in [1.165, 1.54) is 96.3 Å². The second kappa shape index (κ2) is 20.2. The first-order chi connectivity index (χ1) is 14.8. The van der Waals surface area contributed by atoms with Crippen LogP contribution in [0, 0.1) is 0 Å². The topological polar surface area (TPSA) is 75.7 Å². The molecule has 1 saturated heterocycles. The lowest BCUT2D eigenvalue weighted by molar-refractivity contribution is -0.868. The molecule has 0 bridgehead atoms. The molecule has 6 nitrogen and oxygen atoms in total. The van der Waals surface area contributed by atoms with E-state index in [4.69, 9.17) is 4.74 Å². The van der Waals surface area contributed by atoms with Gasteiger partial charge in [0.1, 0.15) is 13.1 Å². The van der Waals surface area contributed by atoms with Crippen LogP contribution in [0.4, 0.5) is 0 Å². The van der Waals surface area contributed by atoms with Gasteiger partial charge in [0.15, 0.2) is 0 Å². The molecule has 0 aromatic carbocycles.